The maximum atomic E-state index is 14.9. The van der Waals surface area contributed by atoms with Crippen molar-refractivity contribution in [2.45, 2.75) is 78.5 Å². The molecule has 0 aromatic heterocycles. The number of aliphatic hydroxyl groups is 1. The van der Waals surface area contributed by atoms with E-state index >= 15 is 0 Å². The topological polar surface area (TPSA) is 91.3 Å². The largest absolute Gasteiger partial charge is 0.489 e. The van der Waals surface area contributed by atoms with Gasteiger partial charge in [-0.15, -0.1) is 0 Å². The van der Waals surface area contributed by atoms with Gasteiger partial charge in [0, 0.05) is 5.92 Å². The second kappa shape index (κ2) is 9.13. The summed E-state index contributed by atoms with van der Waals surface area (Å²) >= 11 is 0. The molecule has 1 aromatic rings. The number of aryl methyl sites for hydroxylation is 1. The van der Waals surface area contributed by atoms with Crippen LogP contribution in [0.3, 0.4) is 0 Å². The predicted molar refractivity (Wildman–Crippen MR) is 153 cm³/mol. The number of hydrogen-bond donors (Lipinski definition) is 1. The Hall–Kier alpha value is -2.74. The summed E-state index contributed by atoms with van der Waals surface area (Å²) in [7, 11) is 0. The lowest BCUT2D eigenvalue weighted by atomic mass is 9.59. The van der Waals surface area contributed by atoms with Gasteiger partial charge in [0.15, 0.2) is 23.3 Å². The molecule has 3 fully saturated rings. The normalized spacial score (nSPS) is 39.6. The summed E-state index contributed by atoms with van der Waals surface area (Å²) in [5, 5.41) is 13.2. The second-order valence-corrected chi connectivity index (χ2v) is 13.8. The number of benzene rings is 1. The van der Waals surface area contributed by atoms with E-state index in [0.717, 1.165) is 12.0 Å². The maximum absolute atomic E-state index is 14.9. The summed E-state index contributed by atoms with van der Waals surface area (Å²) in [6.07, 6.45) is 4.30. The molecule has 1 aliphatic heterocycles. The monoisotopic (exact) mass is 562 g/mol. The van der Waals surface area contributed by atoms with Gasteiger partial charge < -0.3 is 24.1 Å². The molecule has 7 heteroatoms. The van der Waals surface area contributed by atoms with Crippen LogP contribution in [0.25, 0.3) is 0 Å². The molecule has 1 N–H and O–H groups in total. The van der Waals surface area contributed by atoms with Crippen LogP contribution in [0.4, 0.5) is 0 Å². The quantitative estimate of drug-likeness (QED) is 0.382. The van der Waals surface area contributed by atoms with Crippen molar-refractivity contribution in [3.8, 4) is 5.75 Å². The molecule has 0 radical (unpaired) electrons. The number of carbonyl (C=O) groups is 2. The molecule has 0 amide bonds. The number of carbonyl (C=O) groups excluding carboxylic acids is 2. The Kier molecular flexibility index (Phi) is 6.32. The number of Topliss-reactive ketones (excluding diaryl/α,β-unsaturated/α-hetero) is 1. The lowest BCUT2D eigenvalue weighted by Crippen LogP contribution is -2.68. The number of esters is 1. The van der Waals surface area contributed by atoms with E-state index in [0.29, 0.717) is 22.8 Å². The molecule has 1 heterocycles. The molecule has 6 rings (SSSR count). The zero-order valence-electron chi connectivity index (χ0n) is 25.2. The van der Waals surface area contributed by atoms with Gasteiger partial charge in [-0.3, -0.25) is 4.79 Å². The number of fused-ring (bicyclic) bond motifs is 5. The first kappa shape index (κ1) is 28.4. The fourth-order valence-electron chi connectivity index (χ4n) is 8.64. The van der Waals surface area contributed by atoms with Gasteiger partial charge in [0.1, 0.15) is 24.0 Å². The van der Waals surface area contributed by atoms with Gasteiger partial charge in [-0.05, 0) is 80.1 Å². The molecule has 1 aromatic carbocycles. The molecule has 220 valence electrons. The SMILES string of the molecule is C=CCOc1cccc(C)c1C(=O)O[C@H]1C(C)=C[C@]23C(=O)[C@@H](C=C4COC(C)(C)O[C@H]4[C@]12O)[C@@H]1[C@@H](C[C@H]3C)C1(C)C. The standard InChI is InChI=1S/C34H42O7/c1-9-13-38-24-12-10-11-18(2)25(24)30(36)40-28-19(3)16-33-20(4)14-23-26(31(23,5)6)22(27(33)35)15-21-17-39-32(7,8)41-29(21)34(28,33)37/h9-12,15-16,20,22-23,26,28-29,37H,1,13-14,17H2,2-8H3/t20-,22+,23-,26-,28+,29-,33+,34-/m1/s1. The van der Waals surface area contributed by atoms with Crippen molar-refractivity contribution in [2.24, 2.45) is 34.5 Å². The van der Waals surface area contributed by atoms with Crippen LogP contribution in [0.1, 0.15) is 63.9 Å². The second-order valence-electron chi connectivity index (χ2n) is 13.8. The first-order valence-electron chi connectivity index (χ1n) is 14.7. The summed E-state index contributed by atoms with van der Waals surface area (Å²) in [5.41, 5.74) is -0.786. The molecule has 8 atom stereocenters. The Morgan fingerprint density at radius 2 is 1.95 bits per heavy atom. The molecule has 0 unspecified atom stereocenters. The third-order valence-electron chi connectivity index (χ3n) is 10.7. The Balaban J connectivity index is 1.49. The minimum Gasteiger partial charge on any atom is -0.489 e. The van der Waals surface area contributed by atoms with Gasteiger partial charge in [0.05, 0.1) is 12.0 Å². The fraction of sp³-hybridized carbons (Fsp3) is 0.588. The molecule has 7 nitrogen and oxygen atoms in total. The van der Waals surface area contributed by atoms with Crippen LogP contribution >= 0.6 is 0 Å². The van der Waals surface area contributed by atoms with E-state index in [2.05, 4.69) is 27.4 Å². The number of rotatable bonds is 5. The van der Waals surface area contributed by atoms with Gasteiger partial charge >= 0.3 is 5.97 Å². The highest BCUT2D eigenvalue weighted by atomic mass is 16.7. The van der Waals surface area contributed by atoms with Gasteiger partial charge in [0.2, 0.25) is 0 Å². The first-order chi connectivity index (χ1) is 19.2. The zero-order chi connectivity index (χ0) is 29.7. The highest BCUT2D eigenvalue weighted by molar-refractivity contribution is 5.97. The van der Waals surface area contributed by atoms with Crippen molar-refractivity contribution in [3.63, 3.8) is 0 Å². The van der Waals surface area contributed by atoms with E-state index in [1.54, 1.807) is 26.0 Å². The third-order valence-corrected chi connectivity index (χ3v) is 10.7. The van der Waals surface area contributed by atoms with Gasteiger partial charge in [0.25, 0.3) is 0 Å². The molecule has 41 heavy (non-hydrogen) atoms. The summed E-state index contributed by atoms with van der Waals surface area (Å²) < 4.78 is 24.7. The molecule has 5 aliphatic rings. The van der Waals surface area contributed by atoms with Crippen molar-refractivity contribution in [1.29, 1.82) is 0 Å². The zero-order valence-corrected chi connectivity index (χ0v) is 25.2. The lowest BCUT2D eigenvalue weighted by Gasteiger charge is -2.52. The summed E-state index contributed by atoms with van der Waals surface area (Å²) in [4.78, 5) is 28.8. The van der Waals surface area contributed by atoms with Crippen LogP contribution in [0.15, 0.2) is 54.2 Å². The maximum Gasteiger partial charge on any atom is 0.342 e. The molecule has 1 spiro atoms. The van der Waals surface area contributed by atoms with Crippen molar-refractivity contribution in [1.82, 2.24) is 0 Å². The van der Waals surface area contributed by atoms with E-state index < -0.39 is 35.0 Å². The Morgan fingerprint density at radius 3 is 2.66 bits per heavy atom. The fourth-order valence-corrected chi connectivity index (χ4v) is 8.64. The van der Waals surface area contributed by atoms with E-state index in [4.69, 9.17) is 18.9 Å². The van der Waals surface area contributed by atoms with Crippen molar-refractivity contribution >= 4 is 11.8 Å². The van der Waals surface area contributed by atoms with Crippen molar-refractivity contribution < 1.29 is 33.6 Å². The minimum absolute atomic E-state index is 0.0160. The highest BCUT2D eigenvalue weighted by Gasteiger charge is 2.77. The van der Waals surface area contributed by atoms with Crippen LogP contribution in [-0.2, 0) is 19.0 Å². The molecular weight excluding hydrogens is 520 g/mol. The number of hydrogen-bond acceptors (Lipinski definition) is 7. The summed E-state index contributed by atoms with van der Waals surface area (Å²) in [6.45, 7) is 18.0. The Labute approximate surface area is 242 Å². The van der Waals surface area contributed by atoms with E-state index in [1.807, 2.05) is 38.1 Å². The van der Waals surface area contributed by atoms with Crippen LogP contribution < -0.4 is 4.74 Å². The smallest absolute Gasteiger partial charge is 0.342 e. The predicted octanol–water partition coefficient (Wildman–Crippen LogP) is 5.35. The van der Waals surface area contributed by atoms with E-state index in [-0.39, 0.29) is 47.7 Å². The van der Waals surface area contributed by atoms with Gasteiger partial charge in [-0.25, -0.2) is 4.79 Å². The highest BCUT2D eigenvalue weighted by Crippen LogP contribution is 2.72. The average Bonchev–Trinajstić information content (AvgIpc) is 3.39. The van der Waals surface area contributed by atoms with Crippen molar-refractivity contribution in [3.05, 3.63) is 65.3 Å². The number of allylic oxidation sites excluding steroid dienone is 1. The molecular formula is C34H42O7. The summed E-state index contributed by atoms with van der Waals surface area (Å²) in [6, 6.07) is 5.34. The van der Waals surface area contributed by atoms with Crippen LogP contribution in [0.2, 0.25) is 0 Å². The lowest BCUT2D eigenvalue weighted by molar-refractivity contribution is -0.302. The average molecular weight is 563 g/mol. The van der Waals surface area contributed by atoms with E-state index in [9.17, 15) is 14.7 Å². The Bertz CT molecular complexity index is 1390. The van der Waals surface area contributed by atoms with Gasteiger partial charge in [-0.1, -0.05) is 57.7 Å². The molecule has 2 bridgehead atoms. The van der Waals surface area contributed by atoms with Crippen LogP contribution in [0, 0.1) is 41.4 Å². The van der Waals surface area contributed by atoms with Gasteiger partial charge in [-0.2, -0.15) is 0 Å². The number of ketones is 1. The Morgan fingerprint density at radius 1 is 1.22 bits per heavy atom. The van der Waals surface area contributed by atoms with Crippen molar-refractivity contribution in [2.75, 3.05) is 13.2 Å². The molecule has 4 aliphatic carbocycles. The van der Waals surface area contributed by atoms with Crippen LogP contribution in [0.5, 0.6) is 5.75 Å². The van der Waals surface area contributed by atoms with E-state index in [1.165, 1.54) is 0 Å². The molecule has 2 saturated carbocycles. The van der Waals surface area contributed by atoms with Crippen LogP contribution in [-0.4, -0.2) is 53.7 Å². The molecule has 1 saturated heterocycles. The third kappa shape index (κ3) is 3.81. The number of ether oxygens (including phenoxy) is 4. The first-order valence-corrected chi connectivity index (χ1v) is 14.7. The summed E-state index contributed by atoms with van der Waals surface area (Å²) in [5.74, 6) is -1.32. The minimum atomic E-state index is -1.86.